The normalized spacial score (nSPS) is 11.9. The zero-order valence-corrected chi connectivity index (χ0v) is 10.8. The topological polar surface area (TPSA) is 67.3 Å². The second-order valence-corrected chi connectivity index (χ2v) is 4.25. The lowest BCUT2D eigenvalue weighted by Gasteiger charge is -2.13. The van der Waals surface area contributed by atoms with E-state index in [0.717, 1.165) is 11.3 Å². The third-order valence-electron chi connectivity index (χ3n) is 2.51. The minimum absolute atomic E-state index is 0.233. The molecule has 1 unspecified atom stereocenters. The Kier molecular flexibility index (Phi) is 4.69. The summed E-state index contributed by atoms with van der Waals surface area (Å²) in [5.41, 5.74) is 1.13. The SMILES string of the molecule is Cc1cccc(OCC(O)CNc2cnccn2)c1. The number of hydrogen-bond donors (Lipinski definition) is 2. The predicted molar refractivity (Wildman–Crippen MR) is 73.2 cm³/mol. The van der Waals surface area contributed by atoms with Gasteiger partial charge in [-0.3, -0.25) is 4.98 Å². The quantitative estimate of drug-likeness (QED) is 0.825. The Hall–Kier alpha value is -2.14. The summed E-state index contributed by atoms with van der Waals surface area (Å²) in [5.74, 6) is 1.40. The molecule has 100 valence electrons. The number of ether oxygens (including phenoxy) is 1. The maximum absolute atomic E-state index is 9.81. The highest BCUT2D eigenvalue weighted by Gasteiger charge is 2.05. The van der Waals surface area contributed by atoms with Gasteiger partial charge < -0.3 is 15.2 Å². The molecule has 19 heavy (non-hydrogen) atoms. The molecule has 0 fully saturated rings. The van der Waals surface area contributed by atoms with Crippen LogP contribution >= 0.6 is 0 Å². The predicted octanol–water partition coefficient (Wildman–Crippen LogP) is 1.64. The van der Waals surface area contributed by atoms with E-state index in [-0.39, 0.29) is 6.61 Å². The molecule has 2 aromatic rings. The van der Waals surface area contributed by atoms with Crippen molar-refractivity contribution in [3.8, 4) is 5.75 Å². The molecule has 0 aliphatic heterocycles. The van der Waals surface area contributed by atoms with Gasteiger partial charge in [-0.15, -0.1) is 0 Å². The van der Waals surface area contributed by atoms with E-state index in [0.29, 0.717) is 12.4 Å². The van der Waals surface area contributed by atoms with Gasteiger partial charge in [-0.25, -0.2) is 4.98 Å². The minimum atomic E-state index is -0.609. The van der Waals surface area contributed by atoms with Crippen LogP contribution in [0.4, 0.5) is 5.82 Å². The van der Waals surface area contributed by atoms with E-state index in [4.69, 9.17) is 4.74 Å². The fourth-order valence-electron chi connectivity index (χ4n) is 1.57. The third-order valence-corrected chi connectivity index (χ3v) is 2.51. The first-order valence-corrected chi connectivity index (χ1v) is 6.11. The van der Waals surface area contributed by atoms with Crippen LogP contribution in [0.15, 0.2) is 42.9 Å². The fourth-order valence-corrected chi connectivity index (χ4v) is 1.57. The highest BCUT2D eigenvalue weighted by molar-refractivity contribution is 5.30. The molecule has 0 aliphatic rings. The number of nitrogens with zero attached hydrogens (tertiary/aromatic N) is 2. The molecule has 0 aliphatic carbocycles. The van der Waals surface area contributed by atoms with E-state index < -0.39 is 6.10 Å². The second-order valence-electron chi connectivity index (χ2n) is 4.25. The van der Waals surface area contributed by atoms with Crippen molar-refractivity contribution in [2.45, 2.75) is 13.0 Å². The summed E-state index contributed by atoms with van der Waals surface area (Å²) in [5, 5.41) is 12.8. The van der Waals surface area contributed by atoms with Crippen molar-refractivity contribution in [3.05, 3.63) is 48.4 Å². The summed E-state index contributed by atoms with van der Waals surface area (Å²) in [6.07, 6.45) is 4.19. The lowest BCUT2D eigenvalue weighted by atomic mass is 10.2. The molecule has 0 spiro atoms. The Morgan fingerprint density at radius 1 is 1.37 bits per heavy atom. The zero-order valence-electron chi connectivity index (χ0n) is 10.8. The van der Waals surface area contributed by atoms with Crippen molar-refractivity contribution < 1.29 is 9.84 Å². The molecule has 0 saturated heterocycles. The van der Waals surface area contributed by atoms with Crippen LogP contribution in [0, 0.1) is 6.92 Å². The first-order chi connectivity index (χ1) is 9.24. The minimum Gasteiger partial charge on any atom is -0.491 e. The van der Waals surface area contributed by atoms with E-state index in [2.05, 4.69) is 15.3 Å². The van der Waals surface area contributed by atoms with Crippen molar-refractivity contribution in [2.24, 2.45) is 0 Å². The summed E-state index contributed by atoms with van der Waals surface area (Å²) in [6, 6.07) is 7.73. The van der Waals surface area contributed by atoms with Crippen molar-refractivity contribution >= 4 is 5.82 Å². The van der Waals surface area contributed by atoms with Crippen LogP contribution in [0.3, 0.4) is 0 Å². The number of aliphatic hydroxyl groups is 1. The van der Waals surface area contributed by atoms with Crippen molar-refractivity contribution in [1.29, 1.82) is 0 Å². The highest BCUT2D eigenvalue weighted by atomic mass is 16.5. The number of anilines is 1. The lowest BCUT2D eigenvalue weighted by molar-refractivity contribution is 0.117. The summed E-state index contributed by atoms with van der Waals surface area (Å²) >= 11 is 0. The molecule has 1 aromatic carbocycles. The Morgan fingerprint density at radius 3 is 3.00 bits per heavy atom. The molecule has 1 aromatic heterocycles. The van der Waals surface area contributed by atoms with Crippen LogP contribution < -0.4 is 10.1 Å². The van der Waals surface area contributed by atoms with Gasteiger partial charge in [-0.2, -0.15) is 0 Å². The van der Waals surface area contributed by atoms with Gasteiger partial charge in [0.1, 0.15) is 24.3 Å². The number of aryl methyl sites for hydroxylation is 1. The van der Waals surface area contributed by atoms with E-state index >= 15 is 0 Å². The standard InChI is InChI=1S/C14H17N3O2/c1-11-3-2-4-13(7-11)19-10-12(18)8-17-14-9-15-5-6-16-14/h2-7,9,12,18H,8,10H2,1H3,(H,16,17). The molecule has 5 nitrogen and oxygen atoms in total. The molecular formula is C14H17N3O2. The number of aliphatic hydroxyl groups excluding tert-OH is 1. The monoisotopic (exact) mass is 259 g/mol. The van der Waals surface area contributed by atoms with Gasteiger partial charge in [0.25, 0.3) is 0 Å². The molecule has 1 atom stereocenters. The van der Waals surface area contributed by atoms with E-state index in [1.165, 1.54) is 0 Å². The van der Waals surface area contributed by atoms with Crippen LogP contribution in [-0.4, -0.2) is 34.3 Å². The Morgan fingerprint density at radius 2 is 2.26 bits per heavy atom. The van der Waals surface area contributed by atoms with Crippen LogP contribution in [0.1, 0.15) is 5.56 Å². The number of aromatic nitrogens is 2. The average Bonchev–Trinajstić information content (AvgIpc) is 2.44. The van der Waals surface area contributed by atoms with Gasteiger partial charge in [-0.05, 0) is 24.6 Å². The summed E-state index contributed by atoms with van der Waals surface area (Å²) < 4.78 is 5.51. The molecule has 0 saturated carbocycles. The van der Waals surface area contributed by atoms with Gasteiger partial charge in [0, 0.05) is 18.9 Å². The first-order valence-electron chi connectivity index (χ1n) is 6.11. The lowest BCUT2D eigenvalue weighted by Crippen LogP contribution is -2.26. The average molecular weight is 259 g/mol. The maximum atomic E-state index is 9.81. The van der Waals surface area contributed by atoms with Crippen molar-refractivity contribution in [2.75, 3.05) is 18.5 Å². The third kappa shape index (κ3) is 4.56. The zero-order chi connectivity index (χ0) is 13.5. The van der Waals surface area contributed by atoms with Crippen LogP contribution in [0.2, 0.25) is 0 Å². The van der Waals surface area contributed by atoms with Gasteiger partial charge >= 0.3 is 0 Å². The van der Waals surface area contributed by atoms with Crippen LogP contribution in [0.5, 0.6) is 5.75 Å². The molecule has 1 heterocycles. The van der Waals surface area contributed by atoms with E-state index in [9.17, 15) is 5.11 Å². The Balaban J connectivity index is 1.74. The smallest absolute Gasteiger partial charge is 0.144 e. The molecule has 0 radical (unpaired) electrons. The van der Waals surface area contributed by atoms with Crippen molar-refractivity contribution in [1.82, 2.24) is 9.97 Å². The molecule has 2 rings (SSSR count). The fraction of sp³-hybridized carbons (Fsp3) is 0.286. The molecule has 5 heteroatoms. The summed E-state index contributed by atoms with van der Waals surface area (Å²) in [4.78, 5) is 7.98. The van der Waals surface area contributed by atoms with E-state index in [1.54, 1.807) is 18.6 Å². The second kappa shape index (κ2) is 6.70. The Labute approximate surface area is 112 Å². The highest BCUT2D eigenvalue weighted by Crippen LogP contribution is 2.12. The van der Waals surface area contributed by atoms with E-state index in [1.807, 2.05) is 31.2 Å². The number of nitrogens with one attached hydrogen (secondary N) is 1. The summed E-state index contributed by atoms with van der Waals surface area (Å²) in [7, 11) is 0. The van der Waals surface area contributed by atoms with Gasteiger partial charge in [0.15, 0.2) is 0 Å². The van der Waals surface area contributed by atoms with Crippen molar-refractivity contribution in [3.63, 3.8) is 0 Å². The molecule has 0 amide bonds. The van der Waals surface area contributed by atoms with Gasteiger partial charge in [0.2, 0.25) is 0 Å². The number of benzene rings is 1. The van der Waals surface area contributed by atoms with Crippen LogP contribution in [0.25, 0.3) is 0 Å². The first kappa shape index (κ1) is 13.3. The van der Waals surface area contributed by atoms with Gasteiger partial charge in [0.05, 0.1) is 6.20 Å². The Bertz CT molecular complexity index is 505. The van der Waals surface area contributed by atoms with Gasteiger partial charge in [-0.1, -0.05) is 12.1 Å². The molecular weight excluding hydrogens is 242 g/mol. The largest absolute Gasteiger partial charge is 0.491 e. The summed E-state index contributed by atoms with van der Waals surface area (Å²) in [6.45, 7) is 2.60. The molecule has 0 bridgehead atoms. The maximum Gasteiger partial charge on any atom is 0.144 e. The number of rotatable bonds is 6. The van der Waals surface area contributed by atoms with Crippen LogP contribution in [-0.2, 0) is 0 Å². The molecule has 2 N–H and O–H groups in total. The number of hydrogen-bond acceptors (Lipinski definition) is 5.